The summed E-state index contributed by atoms with van der Waals surface area (Å²) in [5.74, 6) is -2.47. The van der Waals surface area contributed by atoms with E-state index in [1.807, 2.05) is 0 Å². The maximum absolute atomic E-state index is 12.0. The van der Waals surface area contributed by atoms with Gasteiger partial charge in [0.15, 0.2) is 6.61 Å². The van der Waals surface area contributed by atoms with Crippen LogP contribution in [0.25, 0.3) is 0 Å². The van der Waals surface area contributed by atoms with Crippen LogP contribution >= 0.6 is 11.6 Å². The smallest absolute Gasteiger partial charge is 0.325 e. The highest BCUT2D eigenvalue weighted by Gasteiger charge is 2.18. The third-order valence-corrected chi connectivity index (χ3v) is 4.26. The number of hydrogen-bond acceptors (Lipinski definition) is 8. The van der Waals surface area contributed by atoms with E-state index >= 15 is 0 Å². The van der Waals surface area contributed by atoms with Crippen LogP contribution in [0.1, 0.15) is 15.9 Å². The van der Waals surface area contributed by atoms with E-state index in [1.54, 1.807) is 0 Å². The van der Waals surface area contributed by atoms with Crippen LogP contribution in [0.2, 0.25) is 5.02 Å². The molecule has 2 N–H and O–H groups in total. The third kappa shape index (κ3) is 6.21. The average molecular weight is 451 g/mol. The third-order valence-electron chi connectivity index (χ3n) is 3.94. The van der Waals surface area contributed by atoms with Gasteiger partial charge in [-0.15, -0.1) is 0 Å². The molecular formula is C18H15ClN4O8. The van der Waals surface area contributed by atoms with E-state index in [9.17, 15) is 34.6 Å². The van der Waals surface area contributed by atoms with Gasteiger partial charge in [0.1, 0.15) is 11.6 Å². The summed E-state index contributed by atoms with van der Waals surface area (Å²) in [6, 6.07) is 7.50. The molecular weight excluding hydrogens is 436 g/mol. The molecule has 0 aliphatic rings. The molecule has 0 fully saturated rings. The second-order valence-corrected chi connectivity index (χ2v) is 6.43. The summed E-state index contributed by atoms with van der Waals surface area (Å²) in [6.45, 7) is 0.165. The lowest BCUT2D eigenvalue weighted by Gasteiger charge is -2.09. The zero-order valence-corrected chi connectivity index (χ0v) is 16.7. The van der Waals surface area contributed by atoms with E-state index in [1.165, 1.54) is 37.3 Å². The fourth-order valence-corrected chi connectivity index (χ4v) is 2.57. The Kier molecular flexibility index (Phi) is 7.58. The molecule has 162 valence electrons. The lowest BCUT2D eigenvalue weighted by Crippen LogP contribution is -2.32. The van der Waals surface area contributed by atoms with Crippen LogP contribution in [0.15, 0.2) is 36.4 Å². The molecule has 0 unspecified atom stereocenters. The van der Waals surface area contributed by atoms with Crippen molar-refractivity contribution in [3.8, 4) is 0 Å². The lowest BCUT2D eigenvalue weighted by molar-refractivity contribution is -0.385. The van der Waals surface area contributed by atoms with Crippen molar-refractivity contribution < 1.29 is 29.0 Å². The first-order valence-corrected chi connectivity index (χ1v) is 8.89. The summed E-state index contributed by atoms with van der Waals surface area (Å²) in [4.78, 5) is 56.1. The number of benzene rings is 2. The molecule has 0 aliphatic heterocycles. The van der Waals surface area contributed by atoms with Crippen molar-refractivity contribution in [2.75, 3.05) is 18.5 Å². The molecule has 0 aliphatic carbocycles. The van der Waals surface area contributed by atoms with Gasteiger partial charge in [0, 0.05) is 17.7 Å². The van der Waals surface area contributed by atoms with Gasteiger partial charge in [0.05, 0.1) is 21.1 Å². The van der Waals surface area contributed by atoms with Crippen molar-refractivity contribution in [2.24, 2.45) is 0 Å². The first-order valence-electron chi connectivity index (χ1n) is 8.51. The van der Waals surface area contributed by atoms with Gasteiger partial charge in [-0.1, -0.05) is 17.7 Å². The number of carbonyl (C=O) groups is 3. The van der Waals surface area contributed by atoms with E-state index in [-0.39, 0.29) is 27.5 Å². The van der Waals surface area contributed by atoms with Crippen molar-refractivity contribution in [1.29, 1.82) is 0 Å². The van der Waals surface area contributed by atoms with Crippen LogP contribution < -0.4 is 10.6 Å². The molecule has 13 heteroatoms. The average Bonchev–Trinajstić information content (AvgIpc) is 2.71. The van der Waals surface area contributed by atoms with Crippen LogP contribution in [0, 0.1) is 27.2 Å². The first-order chi connectivity index (χ1) is 14.6. The van der Waals surface area contributed by atoms with Crippen molar-refractivity contribution >= 4 is 46.4 Å². The largest absolute Gasteiger partial charge is 0.454 e. The van der Waals surface area contributed by atoms with E-state index in [0.29, 0.717) is 0 Å². The minimum absolute atomic E-state index is 0.0946. The minimum Gasteiger partial charge on any atom is -0.454 e. The molecule has 0 spiro atoms. The van der Waals surface area contributed by atoms with Crippen LogP contribution in [-0.4, -0.2) is 40.8 Å². The van der Waals surface area contributed by atoms with Crippen molar-refractivity contribution in [3.63, 3.8) is 0 Å². The van der Waals surface area contributed by atoms with Gasteiger partial charge in [-0.25, -0.2) is 0 Å². The Morgan fingerprint density at radius 3 is 2.39 bits per heavy atom. The number of carbonyl (C=O) groups excluding carboxylic acids is 3. The molecule has 31 heavy (non-hydrogen) atoms. The maximum atomic E-state index is 12.0. The Bertz CT molecular complexity index is 1070. The van der Waals surface area contributed by atoms with Crippen LogP contribution in [0.4, 0.5) is 17.1 Å². The van der Waals surface area contributed by atoms with Gasteiger partial charge in [0.25, 0.3) is 23.2 Å². The Hall–Kier alpha value is -4.06. The predicted molar refractivity (Wildman–Crippen MR) is 108 cm³/mol. The van der Waals surface area contributed by atoms with Gasteiger partial charge in [0.2, 0.25) is 0 Å². The van der Waals surface area contributed by atoms with Crippen molar-refractivity contribution in [1.82, 2.24) is 5.32 Å². The number of anilines is 1. The van der Waals surface area contributed by atoms with E-state index in [0.717, 1.165) is 6.07 Å². The Morgan fingerprint density at radius 1 is 1.06 bits per heavy atom. The highest BCUT2D eigenvalue weighted by Crippen LogP contribution is 2.25. The molecule has 0 radical (unpaired) electrons. The molecule has 2 aromatic rings. The monoisotopic (exact) mass is 450 g/mol. The number of nitrogens with zero attached hydrogens (tertiary/aromatic N) is 2. The van der Waals surface area contributed by atoms with Crippen molar-refractivity contribution in [2.45, 2.75) is 6.92 Å². The SMILES string of the molecule is Cc1c(NC(=O)COC(=O)CNC(=O)c2ccc(Cl)c([N+](=O)[O-])c2)cccc1[N+](=O)[O-]. The predicted octanol–water partition coefficient (Wildman–Crippen LogP) is 2.38. The molecule has 0 saturated heterocycles. The quantitative estimate of drug-likeness (QED) is 0.350. The number of nitro groups is 2. The summed E-state index contributed by atoms with van der Waals surface area (Å²) < 4.78 is 4.73. The number of rotatable bonds is 8. The van der Waals surface area contributed by atoms with Gasteiger partial charge in [-0.3, -0.25) is 34.6 Å². The number of ether oxygens (including phenoxy) is 1. The molecule has 12 nitrogen and oxygen atoms in total. The fourth-order valence-electron chi connectivity index (χ4n) is 2.39. The highest BCUT2D eigenvalue weighted by atomic mass is 35.5. The second-order valence-electron chi connectivity index (χ2n) is 6.02. The molecule has 0 heterocycles. The van der Waals surface area contributed by atoms with E-state index in [2.05, 4.69) is 10.6 Å². The zero-order valence-electron chi connectivity index (χ0n) is 15.9. The zero-order chi connectivity index (χ0) is 23.1. The standard InChI is InChI=1S/C18H15ClN4O8/c1-10-13(3-2-4-14(10)22(27)28)21-16(24)9-31-17(25)8-20-18(26)11-5-6-12(19)15(7-11)23(29)30/h2-7H,8-9H2,1H3,(H,20,26)(H,21,24). The Balaban J connectivity index is 1.86. The van der Waals surface area contributed by atoms with Gasteiger partial charge in [-0.05, 0) is 25.1 Å². The molecule has 0 atom stereocenters. The Labute approximate surface area is 179 Å². The summed E-state index contributed by atoms with van der Waals surface area (Å²) in [6.07, 6.45) is 0. The van der Waals surface area contributed by atoms with E-state index in [4.69, 9.17) is 16.3 Å². The molecule has 2 aromatic carbocycles. The Morgan fingerprint density at radius 2 is 1.74 bits per heavy atom. The highest BCUT2D eigenvalue weighted by molar-refractivity contribution is 6.32. The summed E-state index contributed by atoms with van der Waals surface area (Å²) in [5.41, 5.74) is -0.322. The summed E-state index contributed by atoms with van der Waals surface area (Å²) >= 11 is 5.67. The number of nitro benzene ring substituents is 2. The molecule has 0 aromatic heterocycles. The van der Waals surface area contributed by atoms with Gasteiger partial charge in [-0.2, -0.15) is 0 Å². The number of nitrogens with one attached hydrogen (secondary N) is 2. The number of hydrogen-bond donors (Lipinski definition) is 2. The number of esters is 1. The van der Waals surface area contributed by atoms with Crippen LogP contribution in [-0.2, 0) is 14.3 Å². The molecule has 0 bridgehead atoms. The minimum atomic E-state index is -0.942. The molecule has 2 amide bonds. The van der Waals surface area contributed by atoms with Gasteiger partial charge < -0.3 is 15.4 Å². The van der Waals surface area contributed by atoms with Crippen LogP contribution in [0.5, 0.6) is 0 Å². The number of halogens is 1. The fraction of sp³-hybridized carbons (Fsp3) is 0.167. The molecule has 2 rings (SSSR count). The number of amides is 2. The van der Waals surface area contributed by atoms with E-state index < -0.39 is 46.5 Å². The molecule has 0 saturated carbocycles. The normalized spacial score (nSPS) is 10.1. The summed E-state index contributed by atoms with van der Waals surface area (Å²) in [5, 5.41) is 26.2. The topological polar surface area (TPSA) is 171 Å². The maximum Gasteiger partial charge on any atom is 0.325 e. The summed E-state index contributed by atoms with van der Waals surface area (Å²) in [7, 11) is 0. The van der Waals surface area contributed by atoms with Crippen molar-refractivity contribution in [3.05, 3.63) is 72.8 Å². The van der Waals surface area contributed by atoms with Gasteiger partial charge >= 0.3 is 5.97 Å². The first kappa shape index (κ1) is 23.2. The van der Waals surface area contributed by atoms with Crippen LogP contribution in [0.3, 0.4) is 0 Å². The lowest BCUT2D eigenvalue weighted by atomic mass is 10.1. The second kappa shape index (κ2) is 10.1.